The van der Waals surface area contributed by atoms with Gasteiger partial charge in [-0.1, -0.05) is 30.7 Å². The van der Waals surface area contributed by atoms with Crippen LogP contribution in [-0.2, 0) is 5.75 Å². The highest BCUT2D eigenvalue weighted by molar-refractivity contribution is 7.98. The normalized spacial score (nSPS) is 14.2. The molecule has 0 aliphatic carbocycles. The van der Waals surface area contributed by atoms with Crippen molar-refractivity contribution in [3.8, 4) is 0 Å². The third-order valence-electron chi connectivity index (χ3n) is 3.36. The molecule has 2 rings (SSSR count). The van der Waals surface area contributed by atoms with Crippen LogP contribution in [0.25, 0.3) is 0 Å². The van der Waals surface area contributed by atoms with E-state index in [0.717, 1.165) is 17.2 Å². The van der Waals surface area contributed by atoms with Crippen LogP contribution in [0.4, 0.5) is 0 Å². The minimum absolute atomic E-state index is 0.199. The summed E-state index contributed by atoms with van der Waals surface area (Å²) in [6.45, 7) is 4.33. The van der Waals surface area contributed by atoms with Crippen molar-refractivity contribution in [2.45, 2.75) is 37.3 Å². The number of nitrogens with two attached hydrogens (primary N) is 1. The Bertz CT molecular complexity index is 536. The Balaban J connectivity index is 2.09. The molecule has 108 valence electrons. The summed E-state index contributed by atoms with van der Waals surface area (Å²) in [7, 11) is 0. The van der Waals surface area contributed by atoms with Crippen LogP contribution in [0.5, 0.6) is 0 Å². The van der Waals surface area contributed by atoms with Gasteiger partial charge >= 0.3 is 0 Å². The first-order chi connectivity index (χ1) is 9.61. The molecule has 1 aromatic carbocycles. The van der Waals surface area contributed by atoms with Gasteiger partial charge in [-0.2, -0.15) is 0 Å². The van der Waals surface area contributed by atoms with Crippen molar-refractivity contribution < 1.29 is 0 Å². The fourth-order valence-corrected chi connectivity index (χ4v) is 4.87. The second kappa shape index (κ2) is 7.51. The van der Waals surface area contributed by atoms with Crippen molar-refractivity contribution in [3.63, 3.8) is 0 Å². The third-order valence-corrected chi connectivity index (χ3v) is 6.31. The van der Waals surface area contributed by atoms with Gasteiger partial charge in [0.05, 0.1) is 5.25 Å². The molecular formula is C16H20ClNS2. The molecule has 1 nitrogen and oxygen atoms in total. The summed E-state index contributed by atoms with van der Waals surface area (Å²) in [4.78, 5) is 1.42. The quantitative estimate of drug-likeness (QED) is 0.767. The van der Waals surface area contributed by atoms with Gasteiger partial charge in [0.1, 0.15) is 0 Å². The Morgan fingerprint density at radius 2 is 1.95 bits per heavy atom. The van der Waals surface area contributed by atoms with Crippen LogP contribution in [0.3, 0.4) is 0 Å². The number of hydrogen-bond donors (Lipinski definition) is 1. The van der Waals surface area contributed by atoms with Gasteiger partial charge < -0.3 is 5.73 Å². The zero-order valence-electron chi connectivity index (χ0n) is 11.8. The summed E-state index contributed by atoms with van der Waals surface area (Å²) in [5, 5.41) is 3.31. The first-order valence-electron chi connectivity index (χ1n) is 6.77. The standard InChI is InChI=1S/C16H20ClNS2/c1-3-14(18)16(15-11(2)8-9-19-15)20-10-12-4-6-13(17)7-5-12/h4-9,14,16H,3,10,18H2,1-2H3. The molecule has 20 heavy (non-hydrogen) atoms. The molecule has 4 heteroatoms. The lowest BCUT2D eigenvalue weighted by Gasteiger charge is -2.22. The Morgan fingerprint density at radius 1 is 1.25 bits per heavy atom. The maximum absolute atomic E-state index is 6.33. The first-order valence-corrected chi connectivity index (χ1v) is 9.08. The lowest BCUT2D eigenvalue weighted by molar-refractivity contribution is 0.638. The van der Waals surface area contributed by atoms with Gasteiger partial charge in [-0.05, 0) is 48.1 Å². The number of hydrogen-bond acceptors (Lipinski definition) is 3. The fourth-order valence-electron chi connectivity index (χ4n) is 2.05. The van der Waals surface area contributed by atoms with Crippen molar-refractivity contribution in [1.82, 2.24) is 0 Å². The van der Waals surface area contributed by atoms with E-state index in [1.54, 1.807) is 0 Å². The SMILES string of the molecule is CCC(N)C(SCc1ccc(Cl)cc1)c1sccc1C. The molecule has 2 unspecified atom stereocenters. The number of rotatable bonds is 6. The molecule has 2 N–H and O–H groups in total. The Kier molecular flexibility index (Phi) is 5.97. The second-order valence-corrected chi connectivity index (χ2v) is 7.41. The smallest absolute Gasteiger partial charge is 0.0548 e. The summed E-state index contributed by atoms with van der Waals surface area (Å²) in [6, 6.07) is 10.4. The van der Waals surface area contributed by atoms with Gasteiger partial charge in [0.2, 0.25) is 0 Å². The molecule has 2 atom stereocenters. The average Bonchev–Trinajstić information content (AvgIpc) is 2.87. The molecule has 0 radical (unpaired) electrons. The predicted octanol–water partition coefficient (Wildman–Crippen LogP) is 5.42. The van der Waals surface area contributed by atoms with Gasteiger partial charge in [0, 0.05) is 21.7 Å². The van der Waals surface area contributed by atoms with Gasteiger partial charge in [0.25, 0.3) is 0 Å². The van der Waals surface area contributed by atoms with E-state index in [1.165, 1.54) is 16.0 Å². The molecule has 0 saturated carbocycles. The highest BCUT2D eigenvalue weighted by Crippen LogP contribution is 2.39. The van der Waals surface area contributed by atoms with Crippen molar-refractivity contribution in [1.29, 1.82) is 0 Å². The van der Waals surface area contributed by atoms with E-state index in [4.69, 9.17) is 17.3 Å². The van der Waals surface area contributed by atoms with Crippen LogP contribution in [0.1, 0.15) is 34.6 Å². The first kappa shape index (κ1) is 15.9. The molecule has 0 fully saturated rings. The van der Waals surface area contributed by atoms with Gasteiger partial charge in [-0.3, -0.25) is 0 Å². The van der Waals surface area contributed by atoms with Crippen molar-refractivity contribution in [3.05, 3.63) is 56.7 Å². The molecule has 0 spiro atoms. The molecule has 0 bridgehead atoms. The molecular weight excluding hydrogens is 306 g/mol. The largest absolute Gasteiger partial charge is 0.326 e. The van der Waals surface area contributed by atoms with Crippen molar-refractivity contribution in [2.24, 2.45) is 5.73 Å². The predicted molar refractivity (Wildman–Crippen MR) is 92.8 cm³/mol. The lowest BCUT2D eigenvalue weighted by atomic mass is 10.1. The number of halogens is 1. The van der Waals surface area contributed by atoms with E-state index >= 15 is 0 Å². The number of benzene rings is 1. The molecule has 0 amide bonds. The summed E-state index contributed by atoms with van der Waals surface area (Å²) in [5.74, 6) is 0.965. The minimum Gasteiger partial charge on any atom is -0.326 e. The molecule has 0 aliphatic heterocycles. The minimum atomic E-state index is 0.199. The van der Waals surface area contributed by atoms with Crippen LogP contribution in [0, 0.1) is 6.92 Å². The highest BCUT2D eigenvalue weighted by Gasteiger charge is 2.21. The average molecular weight is 326 g/mol. The summed E-state index contributed by atoms with van der Waals surface area (Å²) in [6.07, 6.45) is 0.996. The maximum atomic E-state index is 6.33. The fraction of sp³-hybridized carbons (Fsp3) is 0.375. The monoisotopic (exact) mass is 325 g/mol. The molecule has 2 aromatic rings. The van der Waals surface area contributed by atoms with Crippen LogP contribution in [-0.4, -0.2) is 6.04 Å². The zero-order valence-corrected chi connectivity index (χ0v) is 14.2. The highest BCUT2D eigenvalue weighted by atomic mass is 35.5. The van der Waals surface area contributed by atoms with Crippen molar-refractivity contribution in [2.75, 3.05) is 0 Å². The number of aryl methyl sites for hydroxylation is 1. The molecule has 1 heterocycles. The van der Waals surface area contributed by atoms with Crippen LogP contribution >= 0.6 is 34.7 Å². The lowest BCUT2D eigenvalue weighted by Crippen LogP contribution is -2.25. The summed E-state index contributed by atoms with van der Waals surface area (Å²) in [5.41, 5.74) is 8.98. The zero-order chi connectivity index (χ0) is 14.5. The second-order valence-electron chi connectivity index (χ2n) is 4.90. The van der Waals surface area contributed by atoms with E-state index in [-0.39, 0.29) is 6.04 Å². The topological polar surface area (TPSA) is 26.0 Å². The van der Waals surface area contributed by atoms with E-state index < -0.39 is 0 Å². The van der Waals surface area contributed by atoms with Crippen LogP contribution in [0.15, 0.2) is 35.7 Å². The van der Waals surface area contributed by atoms with Crippen molar-refractivity contribution >= 4 is 34.7 Å². The van der Waals surface area contributed by atoms with Gasteiger partial charge in [-0.15, -0.1) is 23.1 Å². The van der Waals surface area contributed by atoms with Crippen LogP contribution in [0.2, 0.25) is 5.02 Å². The Hall–Kier alpha value is -0.480. The van der Waals surface area contributed by atoms with E-state index in [9.17, 15) is 0 Å². The maximum Gasteiger partial charge on any atom is 0.0548 e. The Labute approximate surface area is 134 Å². The number of thioether (sulfide) groups is 1. The Morgan fingerprint density at radius 3 is 2.50 bits per heavy atom. The molecule has 0 saturated heterocycles. The van der Waals surface area contributed by atoms with Gasteiger partial charge in [0.15, 0.2) is 0 Å². The third kappa shape index (κ3) is 4.01. The van der Waals surface area contributed by atoms with E-state index in [0.29, 0.717) is 5.25 Å². The van der Waals surface area contributed by atoms with E-state index in [2.05, 4.69) is 37.4 Å². The summed E-state index contributed by atoms with van der Waals surface area (Å²) >= 11 is 9.67. The van der Waals surface area contributed by atoms with Crippen LogP contribution < -0.4 is 5.73 Å². The van der Waals surface area contributed by atoms with E-state index in [1.807, 2.05) is 35.2 Å². The summed E-state index contributed by atoms with van der Waals surface area (Å²) < 4.78 is 0. The molecule has 1 aromatic heterocycles. The molecule has 0 aliphatic rings. The number of thiophene rings is 1. The van der Waals surface area contributed by atoms with Gasteiger partial charge in [-0.25, -0.2) is 0 Å².